The van der Waals surface area contributed by atoms with Crippen molar-refractivity contribution >= 4 is 5.84 Å². The first-order chi connectivity index (χ1) is 9.04. The van der Waals surface area contributed by atoms with E-state index in [1.807, 2.05) is 6.07 Å². The smallest absolute Gasteiger partial charge is 0.189 e. The van der Waals surface area contributed by atoms with E-state index in [1.165, 1.54) is 0 Å². The summed E-state index contributed by atoms with van der Waals surface area (Å²) < 4.78 is 0. The molecule has 6 heteroatoms. The monoisotopic (exact) mass is 266 g/mol. The molecular formula is C13H22N4O2. The first kappa shape index (κ1) is 15.4. The summed E-state index contributed by atoms with van der Waals surface area (Å²) in [6.07, 6.45) is 1.97. The van der Waals surface area contributed by atoms with E-state index in [-0.39, 0.29) is 11.9 Å². The fraction of sp³-hybridized carbons (Fsp3) is 0.538. The van der Waals surface area contributed by atoms with Crippen LogP contribution in [0.15, 0.2) is 23.5 Å². The Balaban J connectivity index is 2.54. The van der Waals surface area contributed by atoms with Crippen LogP contribution in [-0.4, -0.2) is 33.8 Å². The number of pyridine rings is 1. The highest BCUT2D eigenvalue weighted by atomic mass is 16.4. The van der Waals surface area contributed by atoms with Gasteiger partial charge in [-0.15, -0.1) is 0 Å². The van der Waals surface area contributed by atoms with E-state index in [1.54, 1.807) is 12.3 Å². The number of aliphatic hydroxyl groups excluding tert-OH is 1. The van der Waals surface area contributed by atoms with Crippen LogP contribution >= 0.6 is 0 Å². The molecule has 0 bridgehead atoms. The quantitative estimate of drug-likeness (QED) is 0.251. The van der Waals surface area contributed by atoms with Crippen LogP contribution in [0.5, 0.6) is 0 Å². The van der Waals surface area contributed by atoms with E-state index >= 15 is 0 Å². The summed E-state index contributed by atoms with van der Waals surface area (Å²) in [6, 6.07) is 3.64. The summed E-state index contributed by atoms with van der Waals surface area (Å²) in [5, 5.41) is 24.5. The van der Waals surface area contributed by atoms with Crippen LogP contribution in [0.1, 0.15) is 31.5 Å². The fourth-order valence-electron chi connectivity index (χ4n) is 1.86. The van der Waals surface area contributed by atoms with E-state index < -0.39 is 0 Å². The molecule has 1 unspecified atom stereocenters. The Morgan fingerprint density at radius 2 is 2.26 bits per heavy atom. The Labute approximate surface area is 113 Å². The third kappa shape index (κ3) is 5.23. The van der Waals surface area contributed by atoms with Crippen LogP contribution in [0.2, 0.25) is 0 Å². The lowest BCUT2D eigenvalue weighted by molar-refractivity contribution is 0.146. The van der Waals surface area contributed by atoms with Crippen molar-refractivity contribution in [3.63, 3.8) is 0 Å². The van der Waals surface area contributed by atoms with E-state index in [2.05, 4.69) is 29.3 Å². The molecule has 106 valence electrons. The van der Waals surface area contributed by atoms with Gasteiger partial charge in [0.15, 0.2) is 5.84 Å². The van der Waals surface area contributed by atoms with Crippen LogP contribution in [0.4, 0.5) is 0 Å². The fourth-order valence-corrected chi connectivity index (χ4v) is 1.86. The topological polar surface area (TPSA) is 104 Å². The largest absolute Gasteiger partial charge is 0.409 e. The number of rotatable bonds is 7. The van der Waals surface area contributed by atoms with Gasteiger partial charge in [-0.1, -0.05) is 25.1 Å². The summed E-state index contributed by atoms with van der Waals surface area (Å²) in [5.74, 6) is 0.447. The van der Waals surface area contributed by atoms with Crippen molar-refractivity contribution in [1.29, 1.82) is 0 Å². The number of nitrogens with one attached hydrogen (secondary N) is 1. The Morgan fingerprint density at radius 1 is 1.53 bits per heavy atom. The second kappa shape index (κ2) is 7.70. The van der Waals surface area contributed by atoms with Crippen molar-refractivity contribution in [1.82, 2.24) is 10.3 Å². The molecule has 0 spiro atoms. The zero-order chi connectivity index (χ0) is 14.3. The molecule has 0 fully saturated rings. The Morgan fingerprint density at radius 3 is 2.89 bits per heavy atom. The van der Waals surface area contributed by atoms with E-state index in [4.69, 9.17) is 10.9 Å². The maximum absolute atomic E-state index is 9.76. The second-order valence-corrected chi connectivity index (χ2v) is 4.91. The highest BCUT2D eigenvalue weighted by Crippen LogP contribution is 2.06. The second-order valence-electron chi connectivity index (χ2n) is 4.91. The lowest BCUT2D eigenvalue weighted by Gasteiger charge is -2.14. The lowest BCUT2D eigenvalue weighted by Crippen LogP contribution is -2.28. The zero-order valence-electron chi connectivity index (χ0n) is 11.4. The first-order valence-electron chi connectivity index (χ1n) is 6.35. The van der Waals surface area contributed by atoms with Crippen LogP contribution < -0.4 is 11.1 Å². The molecule has 6 nitrogen and oxygen atoms in total. The minimum absolute atomic E-state index is 0.0138. The predicted octanol–water partition coefficient (Wildman–Crippen LogP) is 0.673. The summed E-state index contributed by atoms with van der Waals surface area (Å²) >= 11 is 0. The number of nitrogens with two attached hydrogens (primary N) is 1. The van der Waals surface area contributed by atoms with Crippen molar-refractivity contribution in [3.8, 4) is 0 Å². The number of aliphatic hydroxyl groups is 1. The molecule has 0 amide bonds. The number of nitrogens with zero attached hydrogens (tertiary/aromatic N) is 2. The number of amidine groups is 1. The van der Waals surface area contributed by atoms with Gasteiger partial charge in [-0.3, -0.25) is 4.98 Å². The van der Waals surface area contributed by atoms with Crippen molar-refractivity contribution in [2.24, 2.45) is 16.8 Å². The third-order valence-electron chi connectivity index (χ3n) is 2.68. The lowest BCUT2D eigenvalue weighted by atomic mass is 10.1. The van der Waals surface area contributed by atoms with Gasteiger partial charge in [0.25, 0.3) is 0 Å². The van der Waals surface area contributed by atoms with Crippen molar-refractivity contribution < 1.29 is 10.3 Å². The third-order valence-corrected chi connectivity index (χ3v) is 2.68. The maximum atomic E-state index is 9.76. The Hall–Kier alpha value is -1.66. The van der Waals surface area contributed by atoms with Crippen LogP contribution in [0.3, 0.4) is 0 Å². The van der Waals surface area contributed by atoms with E-state index in [0.717, 1.165) is 12.0 Å². The van der Waals surface area contributed by atoms with E-state index in [0.29, 0.717) is 24.7 Å². The number of aromatic nitrogens is 1. The molecule has 1 aromatic rings. The molecule has 0 aliphatic rings. The molecule has 0 saturated carbocycles. The zero-order valence-corrected chi connectivity index (χ0v) is 11.4. The maximum Gasteiger partial charge on any atom is 0.189 e. The molecule has 1 heterocycles. The molecule has 19 heavy (non-hydrogen) atoms. The number of hydrogen-bond donors (Lipinski definition) is 4. The van der Waals surface area contributed by atoms with Crippen LogP contribution in [0, 0.1) is 5.92 Å². The summed E-state index contributed by atoms with van der Waals surface area (Å²) in [4.78, 5) is 4.08. The van der Waals surface area contributed by atoms with Crippen molar-refractivity contribution in [3.05, 3.63) is 29.6 Å². The van der Waals surface area contributed by atoms with Gasteiger partial charge < -0.3 is 21.4 Å². The van der Waals surface area contributed by atoms with E-state index in [9.17, 15) is 5.11 Å². The first-order valence-corrected chi connectivity index (χ1v) is 6.35. The van der Waals surface area contributed by atoms with Gasteiger partial charge >= 0.3 is 0 Å². The summed E-state index contributed by atoms with van der Waals surface area (Å²) in [6.45, 7) is 5.15. The number of hydrogen-bond acceptors (Lipinski definition) is 5. The molecule has 0 saturated heterocycles. The SMILES string of the molecule is CC(C)CC(O)CNCc1cccnc1/C(N)=N/O. The summed E-state index contributed by atoms with van der Waals surface area (Å²) in [7, 11) is 0. The van der Waals surface area contributed by atoms with Crippen LogP contribution in [0.25, 0.3) is 0 Å². The average molecular weight is 266 g/mol. The molecule has 5 N–H and O–H groups in total. The normalized spacial score (nSPS) is 13.8. The van der Waals surface area contributed by atoms with Gasteiger partial charge in [0.1, 0.15) is 5.69 Å². The molecule has 1 atom stereocenters. The van der Waals surface area contributed by atoms with Crippen molar-refractivity contribution in [2.75, 3.05) is 6.54 Å². The highest BCUT2D eigenvalue weighted by molar-refractivity contribution is 5.96. The van der Waals surface area contributed by atoms with Crippen molar-refractivity contribution in [2.45, 2.75) is 32.9 Å². The van der Waals surface area contributed by atoms with Crippen LogP contribution in [-0.2, 0) is 6.54 Å². The van der Waals surface area contributed by atoms with Gasteiger partial charge in [0.05, 0.1) is 6.10 Å². The standard InChI is InChI=1S/C13H22N4O2/c1-9(2)6-11(18)8-15-7-10-4-3-5-16-12(10)13(14)17-19/h3-5,9,11,15,18-19H,6-8H2,1-2H3,(H2,14,17). The highest BCUT2D eigenvalue weighted by Gasteiger charge is 2.10. The molecule has 1 aromatic heterocycles. The molecule has 0 aromatic carbocycles. The van der Waals surface area contributed by atoms with Gasteiger partial charge in [0, 0.05) is 19.3 Å². The molecule has 1 rings (SSSR count). The van der Waals surface area contributed by atoms with Gasteiger partial charge in [-0.25, -0.2) is 0 Å². The van der Waals surface area contributed by atoms with Gasteiger partial charge in [-0.05, 0) is 24.0 Å². The van der Waals surface area contributed by atoms with Gasteiger partial charge in [0.2, 0.25) is 0 Å². The minimum atomic E-state index is -0.371. The molecule has 0 aliphatic carbocycles. The minimum Gasteiger partial charge on any atom is -0.409 e. The molecular weight excluding hydrogens is 244 g/mol. The summed E-state index contributed by atoms with van der Waals surface area (Å²) in [5.41, 5.74) is 6.84. The Bertz CT molecular complexity index is 421. The average Bonchev–Trinajstić information content (AvgIpc) is 2.37. The molecule has 0 radical (unpaired) electrons. The van der Waals surface area contributed by atoms with Gasteiger partial charge in [-0.2, -0.15) is 0 Å². The Kier molecular flexibility index (Phi) is 6.24. The number of oxime groups is 1. The predicted molar refractivity (Wildman–Crippen MR) is 73.9 cm³/mol. The molecule has 0 aliphatic heterocycles.